The maximum Gasteiger partial charge on any atom is 0.102 e. The summed E-state index contributed by atoms with van der Waals surface area (Å²) in [5.74, 6) is 0. The molecule has 0 saturated carbocycles. The Morgan fingerprint density at radius 1 is 0.793 bits per heavy atom. The second-order valence-electron chi connectivity index (χ2n) is 6.90. The van der Waals surface area contributed by atoms with Crippen molar-refractivity contribution in [2.24, 2.45) is 0 Å². The van der Waals surface area contributed by atoms with Crippen molar-refractivity contribution in [2.45, 2.75) is 6.92 Å². The minimum atomic E-state index is 0.569. The van der Waals surface area contributed by atoms with Crippen LogP contribution in [0.25, 0.3) is 38.8 Å². The fourth-order valence-electron chi connectivity index (χ4n) is 3.54. The fraction of sp³-hybridized carbons (Fsp3) is 0.0435. The SMILES string of the molecule is Cc1ccc2ncc3c(-c4ccc(Cl)cc4)nn(-c4cc(Cl)ccc4Cl)c3c2c1. The number of nitrogens with zero attached hydrogens (tertiary/aromatic N) is 3. The Kier molecular flexibility index (Phi) is 4.47. The van der Waals surface area contributed by atoms with Gasteiger partial charge in [-0.2, -0.15) is 5.10 Å². The predicted molar refractivity (Wildman–Crippen MR) is 122 cm³/mol. The molecule has 2 heterocycles. The Hall–Kier alpha value is -2.59. The molecule has 0 bridgehead atoms. The Morgan fingerprint density at radius 3 is 2.34 bits per heavy atom. The first-order valence-corrected chi connectivity index (χ1v) is 10.1. The topological polar surface area (TPSA) is 30.7 Å². The van der Waals surface area contributed by atoms with Crippen LogP contribution in [0.15, 0.2) is 66.9 Å². The van der Waals surface area contributed by atoms with E-state index in [0.29, 0.717) is 15.1 Å². The normalized spacial score (nSPS) is 11.4. The Balaban J connectivity index is 1.93. The van der Waals surface area contributed by atoms with E-state index < -0.39 is 0 Å². The zero-order valence-corrected chi connectivity index (χ0v) is 17.6. The Bertz CT molecular complexity index is 1390. The highest BCUT2D eigenvalue weighted by Gasteiger charge is 2.19. The van der Waals surface area contributed by atoms with Gasteiger partial charge in [0.2, 0.25) is 0 Å². The zero-order valence-electron chi connectivity index (χ0n) is 15.3. The lowest BCUT2D eigenvalue weighted by Crippen LogP contribution is -1.98. The van der Waals surface area contributed by atoms with E-state index in [1.54, 1.807) is 12.1 Å². The molecule has 0 amide bonds. The summed E-state index contributed by atoms with van der Waals surface area (Å²) < 4.78 is 1.86. The second kappa shape index (κ2) is 7.03. The molecule has 0 aliphatic rings. The predicted octanol–water partition coefficient (Wildman–Crippen LogP) is 7.51. The number of fused-ring (bicyclic) bond motifs is 3. The van der Waals surface area contributed by atoms with E-state index in [-0.39, 0.29) is 0 Å². The molecule has 0 aliphatic carbocycles. The van der Waals surface area contributed by atoms with Crippen molar-refractivity contribution in [3.05, 3.63) is 87.5 Å². The Labute approximate surface area is 182 Å². The van der Waals surface area contributed by atoms with Gasteiger partial charge in [0.1, 0.15) is 5.69 Å². The molecule has 0 fully saturated rings. The maximum atomic E-state index is 6.54. The molecule has 0 N–H and O–H groups in total. The summed E-state index contributed by atoms with van der Waals surface area (Å²) >= 11 is 18.9. The van der Waals surface area contributed by atoms with Crippen LogP contribution in [0.4, 0.5) is 0 Å². The average Bonchev–Trinajstić information content (AvgIpc) is 3.10. The van der Waals surface area contributed by atoms with E-state index in [0.717, 1.165) is 44.3 Å². The number of aromatic nitrogens is 3. The molecule has 142 valence electrons. The molecule has 6 heteroatoms. The Morgan fingerprint density at radius 2 is 1.55 bits per heavy atom. The molecule has 5 aromatic rings. The van der Waals surface area contributed by atoms with Gasteiger partial charge in [0.05, 0.1) is 21.7 Å². The van der Waals surface area contributed by atoms with Gasteiger partial charge in [-0.1, -0.05) is 58.6 Å². The van der Waals surface area contributed by atoms with Crippen LogP contribution in [-0.4, -0.2) is 14.8 Å². The summed E-state index contributed by atoms with van der Waals surface area (Å²) in [6.07, 6.45) is 1.86. The number of halogens is 3. The van der Waals surface area contributed by atoms with Gasteiger partial charge in [-0.3, -0.25) is 4.98 Å². The van der Waals surface area contributed by atoms with E-state index in [4.69, 9.17) is 39.9 Å². The van der Waals surface area contributed by atoms with Crippen molar-refractivity contribution in [1.29, 1.82) is 0 Å². The molecule has 29 heavy (non-hydrogen) atoms. The van der Waals surface area contributed by atoms with Gasteiger partial charge in [0, 0.05) is 32.6 Å². The van der Waals surface area contributed by atoms with Crippen LogP contribution in [0, 0.1) is 6.92 Å². The molecular weight excluding hydrogens is 425 g/mol. The first kappa shape index (κ1) is 18.4. The summed E-state index contributed by atoms with van der Waals surface area (Å²) in [6, 6.07) is 19.2. The van der Waals surface area contributed by atoms with Crippen LogP contribution in [-0.2, 0) is 0 Å². The van der Waals surface area contributed by atoms with Gasteiger partial charge in [-0.15, -0.1) is 0 Å². The van der Waals surface area contributed by atoms with Gasteiger partial charge in [-0.25, -0.2) is 4.68 Å². The number of rotatable bonds is 2. The van der Waals surface area contributed by atoms with Crippen molar-refractivity contribution < 1.29 is 0 Å². The molecule has 0 radical (unpaired) electrons. The van der Waals surface area contributed by atoms with Gasteiger partial charge in [-0.05, 0) is 49.4 Å². The average molecular weight is 439 g/mol. The molecule has 2 aromatic heterocycles. The van der Waals surface area contributed by atoms with E-state index in [1.807, 2.05) is 53.3 Å². The monoisotopic (exact) mass is 437 g/mol. The smallest absolute Gasteiger partial charge is 0.102 e. The molecular formula is C23H14Cl3N3. The number of aryl methyl sites for hydroxylation is 1. The van der Waals surface area contributed by atoms with Crippen LogP contribution >= 0.6 is 34.8 Å². The van der Waals surface area contributed by atoms with Crippen LogP contribution in [0.5, 0.6) is 0 Å². The third-order valence-electron chi connectivity index (χ3n) is 4.92. The van der Waals surface area contributed by atoms with E-state index in [9.17, 15) is 0 Å². The van der Waals surface area contributed by atoms with Gasteiger partial charge < -0.3 is 0 Å². The van der Waals surface area contributed by atoms with Crippen molar-refractivity contribution in [1.82, 2.24) is 14.8 Å². The third-order valence-corrected chi connectivity index (χ3v) is 5.72. The highest BCUT2D eigenvalue weighted by Crippen LogP contribution is 2.36. The first-order valence-electron chi connectivity index (χ1n) is 9.01. The lowest BCUT2D eigenvalue weighted by atomic mass is 10.1. The van der Waals surface area contributed by atoms with Crippen LogP contribution < -0.4 is 0 Å². The molecule has 3 nitrogen and oxygen atoms in total. The highest BCUT2D eigenvalue weighted by atomic mass is 35.5. The maximum absolute atomic E-state index is 6.54. The van der Waals surface area contributed by atoms with E-state index in [2.05, 4.69) is 18.0 Å². The summed E-state index contributed by atoms with van der Waals surface area (Å²) in [5, 5.41) is 8.71. The standard InChI is InChI=1S/C23H14Cl3N3/c1-13-2-9-20-17(10-13)23-18(12-27-20)22(14-3-5-15(24)6-4-14)28-29(23)21-11-16(25)7-8-19(21)26/h2-12H,1H3. The van der Waals surface area contributed by atoms with Gasteiger partial charge >= 0.3 is 0 Å². The van der Waals surface area contributed by atoms with Crippen LogP contribution in [0.3, 0.4) is 0 Å². The molecule has 0 atom stereocenters. The zero-order chi connectivity index (χ0) is 20.1. The minimum Gasteiger partial charge on any atom is -0.255 e. The van der Waals surface area contributed by atoms with Crippen molar-refractivity contribution in [3.63, 3.8) is 0 Å². The van der Waals surface area contributed by atoms with Crippen molar-refractivity contribution in [3.8, 4) is 16.9 Å². The van der Waals surface area contributed by atoms with E-state index >= 15 is 0 Å². The number of hydrogen-bond acceptors (Lipinski definition) is 2. The number of pyridine rings is 1. The fourth-order valence-corrected chi connectivity index (χ4v) is 4.03. The largest absolute Gasteiger partial charge is 0.255 e. The quantitative estimate of drug-likeness (QED) is 0.285. The highest BCUT2D eigenvalue weighted by molar-refractivity contribution is 6.34. The second-order valence-corrected chi connectivity index (χ2v) is 8.18. The molecule has 0 unspecified atom stereocenters. The van der Waals surface area contributed by atoms with Crippen LogP contribution in [0.1, 0.15) is 5.56 Å². The lowest BCUT2D eigenvalue weighted by molar-refractivity contribution is 0.918. The number of hydrogen-bond donors (Lipinski definition) is 0. The first-order chi connectivity index (χ1) is 14.0. The van der Waals surface area contributed by atoms with E-state index in [1.165, 1.54) is 0 Å². The number of benzene rings is 3. The van der Waals surface area contributed by atoms with Gasteiger partial charge in [0.25, 0.3) is 0 Å². The summed E-state index contributed by atoms with van der Waals surface area (Å²) in [4.78, 5) is 4.66. The summed E-state index contributed by atoms with van der Waals surface area (Å²) in [7, 11) is 0. The van der Waals surface area contributed by atoms with Gasteiger partial charge in [0.15, 0.2) is 0 Å². The van der Waals surface area contributed by atoms with Crippen molar-refractivity contribution in [2.75, 3.05) is 0 Å². The minimum absolute atomic E-state index is 0.569. The molecule has 0 saturated heterocycles. The molecule has 0 spiro atoms. The molecule has 3 aromatic carbocycles. The molecule has 0 aliphatic heterocycles. The summed E-state index contributed by atoms with van der Waals surface area (Å²) in [6.45, 7) is 2.06. The lowest BCUT2D eigenvalue weighted by Gasteiger charge is -2.09. The third kappa shape index (κ3) is 3.16. The van der Waals surface area contributed by atoms with Crippen molar-refractivity contribution >= 4 is 56.6 Å². The summed E-state index contributed by atoms with van der Waals surface area (Å²) in [5.41, 5.74) is 5.45. The molecule has 5 rings (SSSR count). The van der Waals surface area contributed by atoms with Crippen LogP contribution in [0.2, 0.25) is 15.1 Å².